The van der Waals surface area contributed by atoms with Gasteiger partial charge in [0, 0.05) is 23.6 Å². The minimum Gasteiger partial charge on any atom is -0.497 e. The molecule has 1 heterocycles. The van der Waals surface area contributed by atoms with Gasteiger partial charge in [-0.15, -0.1) is 0 Å². The van der Waals surface area contributed by atoms with E-state index in [1.807, 2.05) is 38.1 Å². The first-order valence-corrected chi connectivity index (χ1v) is 9.27. The highest BCUT2D eigenvalue weighted by atomic mass is 16.5. The monoisotopic (exact) mass is 388 g/mol. The number of aryl methyl sites for hydroxylation is 2. The lowest BCUT2D eigenvalue weighted by Crippen LogP contribution is -2.36. The molecule has 0 atom stereocenters. The van der Waals surface area contributed by atoms with E-state index >= 15 is 0 Å². The van der Waals surface area contributed by atoms with Crippen LogP contribution < -0.4 is 15.4 Å². The van der Waals surface area contributed by atoms with Crippen molar-refractivity contribution in [3.63, 3.8) is 0 Å². The highest BCUT2D eigenvalue weighted by Crippen LogP contribution is 2.14. The Balaban J connectivity index is 1.81. The molecule has 2 N–H and O–H groups in total. The molecule has 0 spiro atoms. The molecule has 29 heavy (non-hydrogen) atoms. The number of rotatable bonds is 5. The Hall–Kier alpha value is -3.67. The second kappa shape index (κ2) is 9.50. The summed E-state index contributed by atoms with van der Waals surface area (Å²) in [7, 11) is 1.59. The first-order chi connectivity index (χ1) is 14.0. The summed E-state index contributed by atoms with van der Waals surface area (Å²) in [6.45, 7) is 4.47. The number of ether oxygens (including phenoxy) is 1. The maximum atomic E-state index is 12.7. The van der Waals surface area contributed by atoms with Crippen molar-refractivity contribution >= 4 is 17.6 Å². The largest absolute Gasteiger partial charge is 0.497 e. The van der Waals surface area contributed by atoms with Crippen molar-refractivity contribution < 1.29 is 9.53 Å². The van der Waals surface area contributed by atoms with Gasteiger partial charge in [-0.2, -0.15) is 0 Å². The SMILES string of the molecule is COc1ccc(C(=O)NC(=NCc2ccncc2)Nc2cc(C)cc(C)c2)cc1. The molecule has 3 aromatic rings. The molecule has 3 rings (SSSR count). The van der Waals surface area contributed by atoms with Crippen LogP contribution in [0.5, 0.6) is 5.75 Å². The van der Waals surface area contributed by atoms with Crippen molar-refractivity contribution in [3.05, 3.63) is 89.2 Å². The van der Waals surface area contributed by atoms with Crippen molar-refractivity contribution in [1.29, 1.82) is 0 Å². The van der Waals surface area contributed by atoms with Crippen LogP contribution in [0, 0.1) is 13.8 Å². The van der Waals surface area contributed by atoms with Gasteiger partial charge in [0.15, 0.2) is 0 Å². The van der Waals surface area contributed by atoms with Gasteiger partial charge in [-0.1, -0.05) is 6.07 Å². The minimum absolute atomic E-state index is 0.252. The van der Waals surface area contributed by atoms with Crippen molar-refractivity contribution in [1.82, 2.24) is 10.3 Å². The van der Waals surface area contributed by atoms with Gasteiger partial charge in [-0.05, 0) is 79.1 Å². The van der Waals surface area contributed by atoms with Gasteiger partial charge in [-0.25, -0.2) is 4.99 Å². The summed E-state index contributed by atoms with van der Waals surface area (Å²) in [5, 5.41) is 6.10. The van der Waals surface area contributed by atoms with Crippen LogP contribution in [0.1, 0.15) is 27.0 Å². The second-order valence-corrected chi connectivity index (χ2v) is 6.70. The number of carbonyl (C=O) groups excluding carboxylic acids is 1. The molecule has 0 aliphatic heterocycles. The van der Waals surface area contributed by atoms with Crippen LogP contribution in [0.15, 0.2) is 72.0 Å². The molecule has 0 bridgehead atoms. The number of amides is 1. The lowest BCUT2D eigenvalue weighted by molar-refractivity contribution is 0.0977. The minimum atomic E-state index is -0.252. The van der Waals surface area contributed by atoms with Gasteiger partial charge in [0.1, 0.15) is 5.75 Å². The molecule has 0 radical (unpaired) electrons. The average Bonchev–Trinajstić information content (AvgIpc) is 2.72. The Morgan fingerprint density at radius 1 is 1.00 bits per heavy atom. The number of aliphatic imine (C=N–C) groups is 1. The third-order valence-corrected chi connectivity index (χ3v) is 4.24. The summed E-state index contributed by atoms with van der Waals surface area (Å²) in [6, 6.07) is 16.8. The smallest absolute Gasteiger partial charge is 0.257 e. The molecule has 1 aromatic heterocycles. The number of nitrogens with one attached hydrogen (secondary N) is 2. The first kappa shape index (κ1) is 20.1. The van der Waals surface area contributed by atoms with Crippen molar-refractivity contribution in [2.24, 2.45) is 4.99 Å². The van der Waals surface area contributed by atoms with Gasteiger partial charge in [0.25, 0.3) is 5.91 Å². The Kier molecular flexibility index (Phi) is 6.58. The highest BCUT2D eigenvalue weighted by molar-refractivity contribution is 6.10. The molecule has 0 fully saturated rings. The Labute approximate surface area is 170 Å². The van der Waals surface area contributed by atoms with E-state index in [0.717, 1.165) is 22.4 Å². The van der Waals surface area contributed by atoms with E-state index in [1.165, 1.54) is 0 Å². The van der Waals surface area contributed by atoms with Crippen LogP contribution in [0.4, 0.5) is 5.69 Å². The molecule has 0 aliphatic carbocycles. The normalized spacial score (nSPS) is 11.1. The number of methoxy groups -OCH3 is 1. The second-order valence-electron chi connectivity index (χ2n) is 6.70. The number of carbonyl (C=O) groups is 1. The summed E-state index contributed by atoms with van der Waals surface area (Å²) in [6.07, 6.45) is 3.44. The quantitative estimate of drug-likeness (QED) is 0.510. The first-order valence-electron chi connectivity index (χ1n) is 9.27. The van der Waals surface area contributed by atoms with E-state index in [9.17, 15) is 4.79 Å². The number of nitrogens with zero attached hydrogens (tertiary/aromatic N) is 2. The van der Waals surface area contributed by atoms with Crippen molar-refractivity contribution in [2.75, 3.05) is 12.4 Å². The van der Waals surface area contributed by atoms with Crippen LogP contribution in [0.25, 0.3) is 0 Å². The van der Waals surface area contributed by atoms with E-state index in [-0.39, 0.29) is 5.91 Å². The number of pyridine rings is 1. The number of aromatic nitrogens is 1. The number of anilines is 1. The van der Waals surface area contributed by atoms with Gasteiger partial charge >= 0.3 is 0 Å². The molecule has 0 saturated carbocycles. The Bertz CT molecular complexity index is 979. The van der Waals surface area contributed by atoms with Gasteiger partial charge in [-0.3, -0.25) is 15.1 Å². The third-order valence-electron chi connectivity index (χ3n) is 4.24. The fraction of sp³-hybridized carbons (Fsp3) is 0.174. The molecule has 6 nitrogen and oxygen atoms in total. The molecular weight excluding hydrogens is 364 g/mol. The molecule has 2 aromatic carbocycles. The van der Waals surface area contributed by atoms with Crippen LogP contribution in [-0.2, 0) is 6.54 Å². The third kappa shape index (κ3) is 5.90. The Morgan fingerprint density at radius 2 is 1.66 bits per heavy atom. The van der Waals surface area contributed by atoms with E-state index in [0.29, 0.717) is 23.8 Å². The lowest BCUT2D eigenvalue weighted by atomic mass is 10.1. The van der Waals surface area contributed by atoms with E-state index in [4.69, 9.17) is 4.74 Å². The van der Waals surface area contributed by atoms with Gasteiger partial charge in [0.2, 0.25) is 5.96 Å². The zero-order chi connectivity index (χ0) is 20.6. The average molecular weight is 388 g/mol. The van der Waals surface area contributed by atoms with Crippen LogP contribution in [0.3, 0.4) is 0 Å². The summed E-state index contributed by atoms with van der Waals surface area (Å²) >= 11 is 0. The lowest BCUT2D eigenvalue weighted by Gasteiger charge is -2.13. The van der Waals surface area contributed by atoms with E-state index < -0.39 is 0 Å². The van der Waals surface area contributed by atoms with E-state index in [2.05, 4.69) is 26.7 Å². The molecule has 6 heteroatoms. The van der Waals surface area contributed by atoms with E-state index in [1.54, 1.807) is 43.8 Å². The molecular formula is C23H24N4O2. The number of hydrogen-bond donors (Lipinski definition) is 2. The summed E-state index contributed by atoms with van der Waals surface area (Å²) in [5.74, 6) is 0.826. The van der Waals surface area contributed by atoms with Gasteiger partial charge < -0.3 is 10.1 Å². The molecule has 1 amide bonds. The standard InChI is InChI=1S/C23H24N4O2/c1-16-12-17(2)14-20(13-16)26-23(25-15-18-8-10-24-11-9-18)27-22(28)19-4-6-21(29-3)7-5-19/h4-14H,15H2,1-3H3,(H2,25,26,27,28). The van der Waals surface area contributed by atoms with Crippen LogP contribution in [0.2, 0.25) is 0 Å². The zero-order valence-corrected chi connectivity index (χ0v) is 16.8. The summed E-state index contributed by atoms with van der Waals surface area (Å²) in [5.41, 5.74) is 4.64. The molecule has 0 aliphatic rings. The maximum Gasteiger partial charge on any atom is 0.257 e. The summed E-state index contributed by atoms with van der Waals surface area (Å²) < 4.78 is 5.15. The van der Waals surface area contributed by atoms with Crippen molar-refractivity contribution in [3.8, 4) is 5.75 Å². The van der Waals surface area contributed by atoms with Crippen LogP contribution in [-0.4, -0.2) is 24.0 Å². The molecule has 0 unspecified atom stereocenters. The van der Waals surface area contributed by atoms with Crippen molar-refractivity contribution in [2.45, 2.75) is 20.4 Å². The highest BCUT2D eigenvalue weighted by Gasteiger charge is 2.10. The maximum absolute atomic E-state index is 12.7. The van der Waals surface area contributed by atoms with Crippen LogP contribution >= 0.6 is 0 Å². The number of hydrogen-bond acceptors (Lipinski definition) is 4. The van der Waals surface area contributed by atoms with Gasteiger partial charge in [0.05, 0.1) is 13.7 Å². The predicted molar refractivity (Wildman–Crippen MR) is 115 cm³/mol. The number of guanidine groups is 1. The number of benzene rings is 2. The fourth-order valence-corrected chi connectivity index (χ4v) is 2.87. The molecule has 0 saturated heterocycles. The summed E-state index contributed by atoms with van der Waals surface area (Å²) in [4.78, 5) is 21.3. The zero-order valence-electron chi connectivity index (χ0n) is 16.8. The Morgan fingerprint density at radius 3 is 2.28 bits per heavy atom. The topological polar surface area (TPSA) is 75.6 Å². The molecule has 148 valence electrons. The predicted octanol–water partition coefficient (Wildman–Crippen LogP) is 4.11. The fourth-order valence-electron chi connectivity index (χ4n) is 2.87.